The molecule has 1 amide bonds. The molecule has 5 nitrogen and oxygen atoms in total. The van der Waals surface area contributed by atoms with Gasteiger partial charge in [0.1, 0.15) is 11.8 Å². The minimum atomic E-state index is -4.49. The zero-order valence-electron chi connectivity index (χ0n) is 12.5. The van der Waals surface area contributed by atoms with E-state index in [9.17, 15) is 28.2 Å². The van der Waals surface area contributed by atoms with E-state index in [1.165, 1.54) is 0 Å². The summed E-state index contributed by atoms with van der Waals surface area (Å²) in [5.41, 5.74) is -1.39. The van der Waals surface area contributed by atoms with Gasteiger partial charge in [0.2, 0.25) is 0 Å². The van der Waals surface area contributed by atoms with Crippen LogP contribution in [0.25, 0.3) is 0 Å². The van der Waals surface area contributed by atoms with Gasteiger partial charge in [0.25, 0.3) is 5.91 Å². The second-order valence-electron chi connectivity index (χ2n) is 5.57. The highest BCUT2D eigenvalue weighted by atomic mass is 19.4. The van der Waals surface area contributed by atoms with E-state index in [2.05, 4.69) is 5.32 Å². The van der Waals surface area contributed by atoms with Crippen LogP contribution in [0.5, 0.6) is 0 Å². The first-order valence-electron chi connectivity index (χ1n) is 7.21. The fraction of sp³-hybridized carbons (Fsp3) is 0.375. The molecule has 0 aromatic heterocycles. The number of nitriles is 1. The van der Waals surface area contributed by atoms with Gasteiger partial charge in [-0.2, -0.15) is 18.4 Å². The molecule has 0 spiro atoms. The van der Waals surface area contributed by atoms with Crippen molar-refractivity contribution in [2.24, 2.45) is 5.92 Å². The maximum absolute atomic E-state index is 12.5. The van der Waals surface area contributed by atoms with Crippen LogP contribution < -0.4 is 5.32 Å². The predicted molar refractivity (Wildman–Crippen MR) is 78.7 cm³/mol. The predicted octanol–water partition coefficient (Wildman–Crippen LogP) is 3.14. The van der Waals surface area contributed by atoms with E-state index in [0.29, 0.717) is 0 Å². The maximum atomic E-state index is 12.5. The quantitative estimate of drug-likeness (QED) is 0.436. The van der Waals surface area contributed by atoms with Crippen LogP contribution in [-0.4, -0.2) is 22.2 Å². The van der Waals surface area contributed by atoms with Crippen LogP contribution in [0.3, 0.4) is 0 Å². The minimum absolute atomic E-state index is 0.0521. The Bertz CT molecular complexity index is 686. The topological polar surface area (TPSA) is 93.4 Å². The van der Waals surface area contributed by atoms with Crippen LogP contribution in [0.1, 0.15) is 24.8 Å². The number of nitrogens with one attached hydrogen (secondary N) is 1. The van der Waals surface area contributed by atoms with Gasteiger partial charge in [-0.3, -0.25) is 4.79 Å². The summed E-state index contributed by atoms with van der Waals surface area (Å²) in [5, 5.41) is 30.8. The molecule has 1 atom stereocenters. The van der Waals surface area contributed by atoms with E-state index in [1.54, 1.807) is 6.07 Å². The van der Waals surface area contributed by atoms with Crippen molar-refractivity contribution in [3.05, 3.63) is 41.2 Å². The standard InChI is InChI=1S/C16H15F3N2O3/c17-16(18,19)10-3-5-11(6-4-10)21-15(24)12(8-20)14(23)7-13(22)9-1-2-9/h3-6,9,13,22-23H,1-2,7H2,(H,21,24)/b14-12-. The lowest BCUT2D eigenvalue weighted by molar-refractivity contribution is -0.137. The number of halogens is 3. The van der Waals surface area contributed by atoms with Gasteiger partial charge in [-0.15, -0.1) is 0 Å². The molecule has 1 unspecified atom stereocenters. The highest BCUT2D eigenvalue weighted by molar-refractivity contribution is 6.06. The van der Waals surface area contributed by atoms with Gasteiger partial charge in [0.05, 0.1) is 11.7 Å². The van der Waals surface area contributed by atoms with Crippen LogP contribution in [0, 0.1) is 17.2 Å². The number of anilines is 1. The summed E-state index contributed by atoms with van der Waals surface area (Å²) < 4.78 is 37.4. The lowest BCUT2D eigenvalue weighted by Gasteiger charge is -2.11. The van der Waals surface area contributed by atoms with E-state index >= 15 is 0 Å². The highest BCUT2D eigenvalue weighted by Crippen LogP contribution is 2.35. The van der Waals surface area contributed by atoms with Crippen molar-refractivity contribution in [1.29, 1.82) is 5.26 Å². The normalized spacial score (nSPS) is 16.8. The number of aliphatic hydroxyl groups is 2. The molecule has 2 rings (SSSR count). The fourth-order valence-electron chi connectivity index (χ4n) is 2.13. The number of amides is 1. The molecule has 1 aromatic rings. The lowest BCUT2D eigenvalue weighted by atomic mass is 10.1. The number of nitrogens with zero attached hydrogens (tertiary/aromatic N) is 1. The van der Waals surface area contributed by atoms with Crippen LogP contribution >= 0.6 is 0 Å². The molecule has 1 aliphatic rings. The van der Waals surface area contributed by atoms with E-state index in [-0.39, 0.29) is 18.0 Å². The van der Waals surface area contributed by atoms with Crippen LogP contribution in [0.15, 0.2) is 35.6 Å². The van der Waals surface area contributed by atoms with Crippen molar-refractivity contribution >= 4 is 11.6 Å². The van der Waals surface area contributed by atoms with E-state index < -0.39 is 35.1 Å². The van der Waals surface area contributed by atoms with E-state index in [4.69, 9.17) is 5.26 Å². The number of hydrogen-bond acceptors (Lipinski definition) is 4. The summed E-state index contributed by atoms with van der Waals surface area (Å²) in [6, 6.07) is 5.23. The number of hydrogen-bond donors (Lipinski definition) is 3. The van der Waals surface area contributed by atoms with E-state index in [0.717, 1.165) is 37.1 Å². The molecule has 0 radical (unpaired) electrons. The largest absolute Gasteiger partial charge is 0.511 e. The molecule has 0 heterocycles. The number of rotatable bonds is 5. The van der Waals surface area contributed by atoms with Gasteiger partial charge in [-0.05, 0) is 43.0 Å². The Balaban J connectivity index is 2.07. The molecule has 1 saturated carbocycles. The van der Waals surface area contributed by atoms with Crippen LogP contribution in [0.4, 0.5) is 18.9 Å². The van der Waals surface area contributed by atoms with Crippen molar-refractivity contribution in [1.82, 2.24) is 0 Å². The maximum Gasteiger partial charge on any atom is 0.416 e. The minimum Gasteiger partial charge on any atom is -0.511 e. The van der Waals surface area contributed by atoms with Crippen LogP contribution in [-0.2, 0) is 11.0 Å². The fourth-order valence-corrected chi connectivity index (χ4v) is 2.13. The van der Waals surface area contributed by atoms with Gasteiger partial charge in [0.15, 0.2) is 5.57 Å². The molecule has 3 N–H and O–H groups in total. The first-order chi connectivity index (χ1) is 11.2. The molecule has 1 aliphatic carbocycles. The highest BCUT2D eigenvalue weighted by Gasteiger charge is 2.32. The smallest absolute Gasteiger partial charge is 0.416 e. The monoisotopic (exact) mass is 340 g/mol. The molecule has 0 bridgehead atoms. The SMILES string of the molecule is N#C/C(C(=O)Nc1ccc(C(F)(F)F)cc1)=C(/O)CC(O)C1CC1. The van der Waals surface area contributed by atoms with Crippen LogP contribution in [0.2, 0.25) is 0 Å². The number of benzene rings is 1. The molecular weight excluding hydrogens is 325 g/mol. The molecule has 1 fully saturated rings. The van der Waals surface area contributed by atoms with Crippen molar-refractivity contribution in [2.45, 2.75) is 31.5 Å². The number of carbonyl (C=O) groups excluding carboxylic acids is 1. The zero-order chi connectivity index (χ0) is 17.9. The van der Waals surface area contributed by atoms with Gasteiger partial charge < -0.3 is 15.5 Å². The van der Waals surface area contributed by atoms with Gasteiger partial charge >= 0.3 is 6.18 Å². The van der Waals surface area contributed by atoms with E-state index in [1.807, 2.05) is 0 Å². The second kappa shape index (κ2) is 6.93. The third-order valence-corrected chi connectivity index (χ3v) is 3.67. The van der Waals surface area contributed by atoms with Gasteiger partial charge in [-0.25, -0.2) is 0 Å². The summed E-state index contributed by atoms with van der Waals surface area (Å²) in [5.74, 6) is -1.43. The third-order valence-electron chi connectivity index (χ3n) is 3.67. The second-order valence-corrected chi connectivity index (χ2v) is 5.57. The first kappa shape index (κ1) is 17.8. The van der Waals surface area contributed by atoms with Crippen molar-refractivity contribution < 1.29 is 28.2 Å². The number of alkyl halides is 3. The van der Waals surface area contributed by atoms with Gasteiger partial charge in [-0.1, -0.05) is 0 Å². The van der Waals surface area contributed by atoms with Crippen molar-refractivity contribution in [3.63, 3.8) is 0 Å². The lowest BCUT2D eigenvalue weighted by Crippen LogP contribution is -2.18. The Kier molecular flexibility index (Phi) is 5.14. The Labute approximate surface area is 136 Å². The Morgan fingerprint density at radius 3 is 2.38 bits per heavy atom. The Morgan fingerprint density at radius 2 is 1.92 bits per heavy atom. The average molecular weight is 340 g/mol. The summed E-state index contributed by atoms with van der Waals surface area (Å²) in [7, 11) is 0. The number of aliphatic hydroxyl groups excluding tert-OH is 2. The summed E-state index contributed by atoms with van der Waals surface area (Å²) >= 11 is 0. The molecule has 1 aromatic carbocycles. The Morgan fingerprint density at radius 1 is 1.33 bits per heavy atom. The first-order valence-corrected chi connectivity index (χ1v) is 7.21. The summed E-state index contributed by atoms with van der Waals surface area (Å²) in [4.78, 5) is 12.0. The molecule has 0 saturated heterocycles. The molecule has 8 heteroatoms. The zero-order valence-corrected chi connectivity index (χ0v) is 12.5. The third kappa shape index (κ3) is 4.49. The molecule has 128 valence electrons. The van der Waals surface area contributed by atoms with Crippen molar-refractivity contribution in [2.75, 3.05) is 5.32 Å². The Hall–Kier alpha value is -2.53. The van der Waals surface area contributed by atoms with Gasteiger partial charge in [0, 0.05) is 12.1 Å². The number of carbonyl (C=O) groups is 1. The summed E-state index contributed by atoms with van der Waals surface area (Å²) in [6.45, 7) is 0. The van der Waals surface area contributed by atoms with Crippen molar-refractivity contribution in [3.8, 4) is 6.07 Å². The molecular formula is C16H15F3N2O3. The molecule has 24 heavy (non-hydrogen) atoms. The average Bonchev–Trinajstić information content (AvgIpc) is 3.32. The molecule has 0 aliphatic heterocycles. The summed E-state index contributed by atoms with van der Waals surface area (Å²) in [6.07, 6.45) is -3.87.